The lowest BCUT2D eigenvalue weighted by molar-refractivity contribution is -0.139. The van der Waals surface area contributed by atoms with E-state index in [0.717, 1.165) is 0 Å². The van der Waals surface area contributed by atoms with Crippen LogP contribution in [-0.2, 0) is 9.59 Å². The van der Waals surface area contributed by atoms with Gasteiger partial charge in [-0.3, -0.25) is 9.59 Å². The zero-order valence-corrected chi connectivity index (χ0v) is 14.9. The molecule has 24 heavy (non-hydrogen) atoms. The molecule has 0 heterocycles. The molecule has 0 bridgehead atoms. The van der Waals surface area contributed by atoms with Gasteiger partial charge in [0, 0.05) is 17.0 Å². The van der Waals surface area contributed by atoms with Crippen molar-refractivity contribution >= 4 is 47.9 Å². The van der Waals surface area contributed by atoms with Gasteiger partial charge >= 0.3 is 5.97 Å². The van der Waals surface area contributed by atoms with Crippen LogP contribution in [0.3, 0.4) is 0 Å². The van der Waals surface area contributed by atoms with Crippen LogP contribution in [0.25, 0.3) is 0 Å². The molecule has 1 aromatic rings. The van der Waals surface area contributed by atoms with E-state index in [2.05, 4.69) is 23.3 Å². The van der Waals surface area contributed by atoms with Gasteiger partial charge in [0.2, 0.25) is 5.91 Å². The molecule has 0 radical (unpaired) electrons. The predicted octanol–water partition coefficient (Wildman–Crippen LogP) is 0.818. The molecule has 0 aromatic heterocycles. The van der Waals surface area contributed by atoms with Crippen LogP contribution in [-0.4, -0.2) is 52.7 Å². The third-order valence-electron chi connectivity index (χ3n) is 3.16. The minimum Gasteiger partial charge on any atom is -0.480 e. The van der Waals surface area contributed by atoms with E-state index < -0.39 is 24.0 Å². The number of anilines is 1. The third-order valence-corrected chi connectivity index (χ3v) is 4.20. The number of thioether (sulfide) groups is 1. The number of carbonyl (C=O) groups is 3. The van der Waals surface area contributed by atoms with Gasteiger partial charge in [-0.15, -0.1) is 0 Å². The average molecular weight is 371 g/mol. The van der Waals surface area contributed by atoms with Crippen molar-refractivity contribution in [3.63, 3.8) is 0 Å². The number of benzene rings is 1. The number of amides is 2. The van der Waals surface area contributed by atoms with Crippen molar-refractivity contribution in [2.24, 2.45) is 5.73 Å². The number of nitrogens with one attached hydrogen (secondary N) is 2. The fourth-order valence-electron chi connectivity index (χ4n) is 1.76. The molecule has 0 aliphatic carbocycles. The molecule has 132 valence electrons. The molecule has 0 fully saturated rings. The summed E-state index contributed by atoms with van der Waals surface area (Å²) in [5.74, 6) is -1.06. The molecule has 7 nitrogen and oxygen atoms in total. The van der Waals surface area contributed by atoms with E-state index >= 15 is 0 Å². The minimum absolute atomic E-state index is 0.221. The number of carbonyl (C=O) groups excluding carboxylic acids is 2. The van der Waals surface area contributed by atoms with E-state index in [1.807, 2.05) is 6.26 Å². The Hall–Kier alpha value is -1.71. The number of carboxylic acid groups (broad SMARTS) is 1. The lowest BCUT2D eigenvalue weighted by atomic mass is 10.1. The smallest absolute Gasteiger partial charge is 0.326 e. The van der Waals surface area contributed by atoms with Crippen molar-refractivity contribution in [1.29, 1.82) is 0 Å². The van der Waals surface area contributed by atoms with E-state index in [1.165, 1.54) is 23.9 Å². The van der Waals surface area contributed by atoms with Crippen molar-refractivity contribution in [3.05, 3.63) is 29.8 Å². The van der Waals surface area contributed by atoms with Gasteiger partial charge in [0.1, 0.15) is 6.04 Å². The molecule has 0 aliphatic heterocycles. The maximum atomic E-state index is 12.1. The minimum atomic E-state index is -1.07. The number of aliphatic carboxylic acids is 1. The summed E-state index contributed by atoms with van der Waals surface area (Å²) in [7, 11) is 0. The van der Waals surface area contributed by atoms with Crippen molar-refractivity contribution in [2.75, 3.05) is 23.1 Å². The topological polar surface area (TPSA) is 122 Å². The first-order valence-corrected chi connectivity index (χ1v) is 9.21. The Kier molecular flexibility index (Phi) is 8.66. The van der Waals surface area contributed by atoms with Crippen molar-refractivity contribution < 1.29 is 19.5 Å². The summed E-state index contributed by atoms with van der Waals surface area (Å²) in [6.07, 6.45) is 2.21. The third kappa shape index (κ3) is 6.42. The Morgan fingerprint density at radius 1 is 1.29 bits per heavy atom. The fourth-order valence-corrected chi connectivity index (χ4v) is 2.39. The van der Waals surface area contributed by atoms with Gasteiger partial charge in [-0.25, -0.2) is 4.79 Å². The fraction of sp³-hybridized carbons (Fsp3) is 0.400. The van der Waals surface area contributed by atoms with E-state index in [9.17, 15) is 14.4 Å². The lowest BCUT2D eigenvalue weighted by Crippen LogP contribution is -2.41. The second-order valence-electron chi connectivity index (χ2n) is 5.00. The summed E-state index contributed by atoms with van der Waals surface area (Å²) in [4.78, 5) is 34.9. The van der Waals surface area contributed by atoms with Crippen LogP contribution in [0.15, 0.2) is 24.3 Å². The lowest BCUT2D eigenvalue weighted by Gasteiger charge is -2.14. The standard InChI is InChI=1S/C15H21N3O4S2/c1-24-7-6-12(15(21)22)18-13(19)9-2-4-10(5-3-9)17-14(20)11(16)8-23/h2-5,11-12,23H,6-8,16H2,1H3,(H,17,20)(H,18,19)(H,21,22)/t11?,12-/m0/s1. The maximum absolute atomic E-state index is 12.1. The average Bonchev–Trinajstić information content (AvgIpc) is 2.57. The molecule has 1 aromatic carbocycles. The highest BCUT2D eigenvalue weighted by Gasteiger charge is 2.20. The van der Waals surface area contributed by atoms with Crippen LogP contribution in [0.5, 0.6) is 0 Å². The van der Waals surface area contributed by atoms with Crippen LogP contribution in [0, 0.1) is 0 Å². The Morgan fingerprint density at radius 3 is 2.42 bits per heavy atom. The summed E-state index contributed by atoms with van der Waals surface area (Å²) in [6.45, 7) is 0. The zero-order chi connectivity index (χ0) is 18.1. The number of hydrogen-bond acceptors (Lipinski definition) is 6. The Labute approximate surface area is 150 Å². The number of carboxylic acids is 1. The van der Waals surface area contributed by atoms with E-state index in [0.29, 0.717) is 23.4 Å². The highest BCUT2D eigenvalue weighted by molar-refractivity contribution is 7.98. The molecule has 0 aliphatic rings. The summed E-state index contributed by atoms with van der Waals surface area (Å²) in [6, 6.07) is 4.46. The molecule has 1 unspecified atom stereocenters. The Morgan fingerprint density at radius 2 is 1.92 bits per heavy atom. The summed E-state index contributed by atoms with van der Waals surface area (Å²) >= 11 is 5.46. The van der Waals surface area contributed by atoms with Crippen molar-refractivity contribution in [3.8, 4) is 0 Å². The first kappa shape index (κ1) is 20.3. The first-order valence-electron chi connectivity index (χ1n) is 7.19. The normalized spacial score (nSPS) is 13.0. The molecule has 5 N–H and O–H groups in total. The second-order valence-corrected chi connectivity index (χ2v) is 6.35. The summed E-state index contributed by atoms with van der Waals surface area (Å²) in [5.41, 5.74) is 6.35. The quantitative estimate of drug-likeness (QED) is 0.410. The Balaban J connectivity index is 2.68. The number of hydrogen-bond donors (Lipinski definition) is 5. The van der Waals surface area contributed by atoms with Gasteiger partial charge in [0.15, 0.2) is 0 Å². The molecule has 9 heteroatoms. The summed E-state index contributed by atoms with van der Waals surface area (Å²) in [5, 5.41) is 14.2. The van der Waals surface area contributed by atoms with Gasteiger partial charge in [0.25, 0.3) is 5.91 Å². The highest BCUT2D eigenvalue weighted by atomic mass is 32.2. The van der Waals surface area contributed by atoms with E-state index in [-0.39, 0.29) is 11.7 Å². The highest BCUT2D eigenvalue weighted by Crippen LogP contribution is 2.11. The van der Waals surface area contributed by atoms with Crippen LogP contribution in [0.2, 0.25) is 0 Å². The molecule has 0 saturated carbocycles. The molecular weight excluding hydrogens is 350 g/mol. The van der Waals surface area contributed by atoms with Crippen LogP contribution in [0.4, 0.5) is 5.69 Å². The second kappa shape index (κ2) is 10.2. The van der Waals surface area contributed by atoms with Gasteiger partial charge in [-0.05, 0) is 42.7 Å². The molecule has 0 spiro atoms. The van der Waals surface area contributed by atoms with Crippen molar-refractivity contribution in [1.82, 2.24) is 5.32 Å². The van der Waals surface area contributed by atoms with Crippen LogP contribution < -0.4 is 16.4 Å². The zero-order valence-electron chi connectivity index (χ0n) is 13.2. The molecular formula is C15H21N3O4S2. The van der Waals surface area contributed by atoms with Gasteiger partial charge < -0.3 is 21.5 Å². The first-order chi connectivity index (χ1) is 11.4. The van der Waals surface area contributed by atoms with Crippen molar-refractivity contribution in [2.45, 2.75) is 18.5 Å². The molecule has 2 atom stereocenters. The molecule has 2 amide bonds. The number of nitrogens with two attached hydrogens (primary N) is 1. The predicted molar refractivity (Wildman–Crippen MR) is 98.8 cm³/mol. The van der Waals surface area contributed by atoms with E-state index in [1.54, 1.807) is 12.1 Å². The SMILES string of the molecule is CSCC[C@H](NC(=O)c1ccc(NC(=O)C(N)CS)cc1)C(=O)O. The maximum Gasteiger partial charge on any atom is 0.326 e. The van der Waals surface area contributed by atoms with Crippen LogP contribution >= 0.6 is 24.4 Å². The Bertz CT molecular complexity index is 581. The van der Waals surface area contributed by atoms with Crippen LogP contribution in [0.1, 0.15) is 16.8 Å². The van der Waals surface area contributed by atoms with Gasteiger partial charge in [0.05, 0.1) is 6.04 Å². The van der Waals surface area contributed by atoms with Gasteiger partial charge in [-0.2, -0.15) is 24.4 Å². The monoisotopic (exact) mass is 371 g/mol. The molecule has 0 saturated heterocycles. The molecule has 1 rings (SSSR count). The number of rotatable bonds is 9. The number of thiol groups is 1. The van der Waals surface area contributed by atoms with Gasteiger partial charge in [-0.1, -0.05) is 0 Å². The largest absolute Gasteiger partial charge is 0.480 e. The van der Waals surface area contributed by atoms with E-state index in [4.69, 9.17) is 10.8 Å². The summed E-state index contributed by atoms with van der Waals surface area (Å²) < 4.78 is 0.